The predicted molar refractivity (Wildman–Crippen MR) is 337 cm³/mol. The molecular weight excluding hydrogens is 1050 g/mol. The van der Waals surface area contributed by atoms with Gasteiger partial charge in [0.1, 0.15) is 48.8 Å². The van der Waals surface area contributed by atoms with Crippen LogP contribution in [0.2, 0.25) is 0 Å². The molecule has 2 heterocycles. The largest absolute Gasteiger partial charge is 0.394 e. The van der Waals surface area contributed by atoms with E-state index in [1.54, 1.807) is 6.08 Å². The first-order valence-corrected chi connectivity index (χ1v) is 34.4. The molecule has 2 aliphatic heterocycles. The third-order valence-corrected chi connectivity index (χ3v) is 16.7. The van der Waals surface area contributed by atoms with Crippen LogP contribution in [0.4, 0.5) is 0 Å². The third-order valence-electron chi connectivity index (χ3n) is 16.7. The molecule has 0 aromatic rings. The molecule has 12 unspecified atom stereocenters. The van der Waals surface area contributed by atoms with E-state index in [0.29, 0.717) is 12.8 Å². The highest BCUT2D eigenvalue weighted by Gasteiger charge is 2.51. The number of amides is 1. The van der Waals surface area contributed by atoms with Gasteiger partial charge in [-0.25, -0.2) is 0 Å². The van der Waals surface area contributed by atoms with E-state index in [9.17, 15) is 45.6 Å². The summed E-state index contributed by atoms with van der Waals surface area (Å²) in [4.78, 5) is 13.3. The van der Waals surface area contributed by atoms with Gasteiger partial charge in [0, 0.05) is 6.42 Å². The van der Waals surface area contributed by atoms with Gasteiger partial charge in [0.2, 0.25) is 5.91 Å². The maximum absolute atomic E-state index is 13.3. The Labute approximate surface area is 505 Å². The zero-order chi connectivity index (χ0) is 60.2. The van der Waals surface area contributed by atoms with Gasteiger partial charge in [-0.2, -0.15) is 0 Å². The van der Waals surface area contributed by atoms with E-state index in [-0.39, 0.29) is 18.9 Å². The Kier molecular flexibility index (Phi) is 50.2. The first kappa shape index (κ1) is 77.0. The van der Waals surface area contributed by atoms with Gasteiger partial charge >= 0.3 is 0 Å². The van der Waals surface area contributed by atoms with Crippen molar-refractivity contribution < 1.29 is 64.6 Å². The van der Waals surface area contributed by atoms with Crippen molar-refractivity contribution in [3.05, 3.63) is 48.6 Å². The molecule has 0 bridgehead atoms. The molecule has 14 heteroatoms. The number of unbranched alkanes of at least 4 members (excludes halogenated alkanes) is 37. The second-order valence-electron chi connectivity index (χ2n) is 24.3. The maximum Gasteiger partial charge on any atom is 0.220 e. The molecule has 486 valence electrons. The van der Waals surface area contributed by atoms with Gasteiger partial charge in [0.25, 0.3) is 0 Å². The second-order valence-corrected chi connectivity index (χ2v) is 24.3. The van der Waals surface area contributed by atoms with E-state index in [0.717, 1.165) is 51.4 Å². The molecule has 9 N–H and O–H groups in total. The summed E-state index contributed by atoms with van der Waals surface area (Å²) in [6.45, 7) is 2.79. The lowest BCUT2D eigenvalue weighted by Crippen LogP contribution is -2.65. The summed E-state index contributed by atoms with van der Waals surface area (Å²) in [5.74, 6) is -0.255. The molecule has 1 amide bonds. The Balaban J connectivity index is 1.69. The Morgan fingerprint density at radius 1 is 0.434 bits per heavy atom. The van der Waals surface area contributed by atoms with Crippen LogP contribution in [0, 0.1) is 0 Å². The van der Waals surface area contributed by atoms with Crippen LogP contribution in [0.5, 0.6) is 0 Å². The molecule has 2 fully saturated rings. The molecule has 0 aliphatic carbocycles. The van der Waals surface area contributed by atoms with Crippen molar-refractivity contribution in [3.8, 4) is 0 Å². The van der Waals surface area contributed by atoms with Crippen LogP contribution in [0.3, 0.4) is 0 Å². The van der Waals surface area contributed by atoms with Crippen molar-refractivity contribution in [2.75, 3.05) is 19.8 Å². The fourth-order valence-corrected chi connectivity index (χ4v) is 11.2. The predicted octanol–water partition coefficient (Wildman–Crippen LogP) is 13.5. The molecule has 12 atom stereocenters. The molecular formula is C69H127NO13. The summed E-state index contributed by atoms with van der Waals surface area (Å²) in [7, 11) is 0. The van der Waals surface area contributed by atoms with Crippen LogP contribution in [0.1, 0.15) is 290 Å². The lowest BCUT2D eigenvalue weighted by Gasteiger charge is -2.46. The number of hydrogen-bond acceptors (Lipinski definition) is 13. The molecule has 0 spiro atoms. The number of carbonyl (C=O) groups is 1. The van der Waals surface area contributed by atoms with Crippen molar-refractivity contribution in [1.82, 2.24) is 5.32 Å². The summed E-state index contributed by atoms with van der Waals surface area (Å²) < 4.78 is 22.8. The molecule has 14 nitrogen and oxygen atoms in total. The van der Waals surface area contributed by atoms with Crippen LogP contribution in [-0.4, -0.2) is 140 Å². The smallest absolute Gasteiger partial charge is 0.220 e. The Morgan fingerprint density at radius 3 is 1.27 bits per heavy atom. The minimum Gasteiger partial charge on any atom is -0.394 e. The van der Waals surface area contributed by atoms with Crippen molar-refractivity contribution in [2.24, 2.45) is 0 Å². The lowest BCUT2D eigenvalue weighted by atomic mass is 9.97. The van der Waals surface area contributed by atoms with E-state index < -0.39 is 86.8 Å². The highest BCUT2D eigenvalue weighted by molar-refractivity contribution is 5.76. The van der Waals surface area contributed by atoms with E-state index in [2.05, 4.69) is 55.6 Å². The normalized spacial score (nSPS) is 24.1. The number of allylic oxidation sites excluding steroid dienone is 7. The maximum atomic E-state index is 13.3. The average molecular weight is 1180 g/mol. The minimum absolute atomic E-state index is 0.255. The van der Waals surface area contributed by atoms with Gasteiger partial charge in [-0.05, 0) is 64.2 Å². The van der Waals surface area contributed by atoms with Gasteiger partial charge in [0.05, 0.1) is 32.0 Å². The fourth-order valence-electron chi connectivity index (χ4n) is 11.2. The van der Waals surface area contributed by atoms with E-state index in [4.69, 9.17) is 18.9 Å². The Hall–Kier alpha value is -2.05. The van der Waals surface area contributed by atoms with Gasteiger partial charge in [-0.3, -0.25) is 4.79 Å². The molecule has 83 heavy (non-hydrogen) atoms. The van der Waals surface area contributed by atoms with Gasteiger partial charge in [-0.1, -0.05) is 268 Å². The fraction of sp³-hybridized carbons (Fsp3) is 0.870. The first-order chi connectivity index (χ1) is 40.6. The van der Waals surface area contributed by atoms with E-state index in [1.165, 1.54) is 205 Å². The summed E-state index contributed by atoms with van der Waals surface area (Å²) in [5.41, 5.74) is 0. The second kappa shape index (κ2) is 54.1. The van der Waals surface area contributed by atoms with Crippen molar-refractivity contribution in [3.63, 3.8) is 0 Å². The van der Waals surface area contributed by atoms with E-state index >= 15 is 0 Å². The van der Waals surface area contributed by atoms with Crippen LogP contribution in [0.15, 0.2) is 48.6 Å². The number of hydrogen-bond donors (Lipinski definition) is 9. The summed E-state index contributed by atoms with van der Waals surface area (Å²) in [6.07, 6.45) is 53.2. The topological polar surface area (TPSA) is 228 Å². The zero-order valence-corrected chi connectivity index (χ0v) is 52.7. The number of carbonyl (C=O) groups excluding carboxylic acids is 1. The van der Waals surface area contributed by atoms with Crippen molar-refractivity contribution in [1.29, 1.82) is 0 Å². The quantitative estimate of drug-likeness (QED) is 0.0204. The molecule has 0 radical (unpaired) electrons. The minimum atomic E-state index is -1.79. The van der Waals surface area contributed by atoms with Gasteiger partial charge < -0.3 is 65.1 Å². The molecule has 0 saturated carbocycles. The molecule has 2 rings (SSSR count). The van der Waals surface area contributed by atoms with Crippen LogP contribution in [0.25, 0.3) is 0 Å². The number of ether oxygens (including phenoxy) is 4. The van der Waals surface area contributed by atoms with Crippen LogP contribution >= 0.6 is 0 Å². The SMILES string of the molecule is CCCCCC/C=C\C/C=C\CCCCCCCCCC(=O)NC(COC1OC(CO)C(OC2OC(CO)C(O)C(O)C2O)C(O)C1O)C(O)/C=C/CC/C=C/CCCCCCCCCCCCCCCCCCCCCCCCCCC. The summed E-state index contributed by atoms with van der Waals surface area (Å²) in [5, 5.41) is 87.3. The van der Waals surface area contributed by atoms with Gasteiger partial charge in [0.15, 0.2) is 12.6 Å². The summed E-state index contributed by atoms with van der Waals surface area (Å²) >= 11 is 0. The highest BCUT2D eigenvalue weighted by atomic mass is 16.7. The highest BCUT2D eigenvalue weighted by Crippen LogP contribution is 2.30. The van der Waals surface area contributed by atoms with Crippen molar-refractivity contribution >= 4 is 5.91 Å². The van der Waals surface area contributed by atoms with Crippen LogP contribution < -0.4 is 5.32 Å². The standard InChI is InChI=1S/C69H127NO13/c1-3-5-7-9-11-13-15-17-19-21-23-24-25-26-27-28-29-30-31-32-33-34-35-36-38-40-42-44-46-48-50-52-58(73)57(70-61(74)53-51-49-47-45-43-41-39-37-22-20-18-16-14-12-10-8-6-4-2)56-80-68-66(79)64(77)67(60(55-72)82-68)83-69-65(78)63(76)62(75)59(54-71)81-69/h14,16,20,22,42,44,50,52,57-60,62-69,71-73,75-79H,3-13,15,17-19,21,23-41,43,45-49,51,53-56H2,1-2H3,(H,70,74)/b16-14-,22-20-,44-42+,52-50+. The Bertz CT molecular complexity index is 1580. The third kappa shape index (κ3) is 38.8. The van der Waals surface area contributed by atoms with Gasteiger partial charge in [-0.15, -0.1) is 0 Å². The number of aliphatic hydroxyl groups excluding tert-OH is 8. The molecule has 2 saturated heterocycles. The lowest BCUT2D eigenvalue weighted by molar-refractivity contribution is -0.359. The summed E-state index contributed by atoms with van der Waals surface area (Å²) in [6, 6.07) is -0.938. The molecule has 0 aromatic heterocycles. The monoisotopic (exact) mass is 1180 g/mol. The molecule has 2 aliphatic rings. The number of aliphatic hydroxyl groups is 8. The van der Waals surface area contributed by atoms with E-state index in [1.807, 2.05) is 6.08 Å². The van der Waals surface area contributed by atoms with Crippen LogP contribution in [-0.2, 0) is 23.7 Å². The molecule has 0 aromatic carbocycles. The number of nitrogens with one attached hydrogen (secondary N) is 1. The average Bonchev–Trinajstić information content (AvgIpc) is 3.65. The van der Waals surface area contributed by atoms with Crippen molar-refractivity contribution in [2.45, 2.75) is 364 Å². The first-order valence-electron chi connectivity index (χ1n) is 34.4. The zero-order valence-electron chi connectivity index (χ0n) is 52.7. The Morgan fingerprint density at radius 2 is 0.807 bits per heavy atom. The number of rotatable bonds is 56.